The first kappa shape index (κ1) is 18.1. The van der Waals surface area contributed by atoms with Crippen molar-refractivity contribution in [3.63, 3.8) is 0 Å². The second-order valence-corrected chi connectivity index (χ2v) is 6.97. The number of rotatable bonds is 6. The van der Waals surface area contributed by atoms with E-state index in [1.807, 2.05) is 31.2 Å². The number of hydrogen-bond donors (Lipinski definition) is 1. The molecule has 0 atom stereocenters. The highest BCUT2D eigenvalue weighted by molar-refractivity contribution is 5.89. The van der Waals surface area contributed by atoms with Crippen molar-refractivity contribution in [3.8, 4) is 5.75 Å². The van der Waals surface area contributed by atoms with Gasteiger partial charge in [-0.2, -0.15) is 0 Å². The van der Waals surface area contributed by atoms with Gasteiger partial charge < -0.3 is 14.4 Å². The molecule has 0 aliphatic rings. The van der Waals surface area contributed by atoms with Crippen molar-refractivity contribution in [1.29, 1.82) is 0 Å². The van der Waals surface area contributed by atoms with E-state index in [4.69, 9.17) is 4.74 Å². The molecule has 0 fully saturated rings. The molecule has 4 heteroatoms. The van der Waals surface area contributed by atoms with Crippen LogP contribution in [-0.4, -0.2) is 22.8 Å². The molecule has 0 bridgehead atoms. The second kappa shape index (κ2) is 7.24. The summed E-state index contributed by atoms with van der Waals surface area (Å²) >= 11 is 0. The molecule has 26 heavy (non-hydrogen) atoms. The van der Waals surface area contributed by atoms with Crippen LogP contribution < -0.4 is 4.74 Å². The van der Waals surface area contributed by atoms with Crippen molar-refractivity contribution in [2.45, 2.75) is 39.7 Å². The van der Waals surface area contributed by atoms with Crippen LogP contribution >= 0.6 is 0 Å². The number of para-hydroxylation sites is 1. The molecule has 2 aromatic carbocycles. The summed E-state index contributed by atoms with van der Waals surface area (Å²) in [4.78, 5) is 11.3. The van der Waals surface area contributed by atoms with E-state index < -0.39 is 5.97 Å². The minimum atomic E-state index is -0.803. The van der Waals surface area contributed by atoms with Crippen LogP contribution in [0.25, 0.3) is 10.9 Å². The van der Waals surface area contributed by atoms with Gasteiger partial charge in [0.25, 0.3) is 0 Å². The molecule has 0 radical (unpaired) electrons. The number of nitrogens with zero attached hydrogens (tertiary/aromatic N) is 1. The number of carboxylic acids is 1. The Morgan fingerprint density at radius 1 is 1.19 bits per heavy atom. The number of ether oxygens (including phenoxy) is 1. The number of aromatic nitrogens is 1. The smallest absolute Gasteiger partial charge is 0.307 e. The Bertz CT molecular complexity index is 953. The summed E-state index contributed by atoms with van der Waals surface area (Å²) in [7, 11) is 1.70. The zero-order valence-corrected chi connectivity index (χ0v) is 15.7. The van der Waals surface area contributed by atoms with E-state index in [1.165, 1.54) is 11.1 Å². The molecular weight excluding hydrogens is 326 g/mol. The molecule has 4 nitrogen and oxygen atoms in total. The summed E-state index contributed by atoms with van der Waals surface area (Å²) in [5.41, 5.74) is 5.34. The van der Waals surface area contributed by atoms with Gasteiger partial charge in [-0.05, 0) is 41.7 Å². The van der Waals surface area contributed by atoms with E-state index in [9.17, 15) is 9.90 Å². The summed E-state index contributed by atoms with van der Waals surface area (Å²) in [5.74, 6) is 0.474. The second-order valence-electron chi connectivity index (χ2n) is 6.97. The fourth-order valence-corrected chi connectivity index (χ4v) is 3.60. The fourth-order valence-electron chi connectivity index (χ4n) is 3.60. The van der Waals surface area contributed by atoms with Crippen molar-refractivity contribution >= 4 is 16.9 Å². The normalized spacial score (nSPS) is 11.3. The lowest BCUT2D eigenvalue weighted by atomic mass is 9.99. The van der Waals surface area contributed by atoms with E-state index in [2.05, 4.69) is 36.6 Å². The number of hydrogen-bond acceptors (Lipinski definition) is 2. The zero-order valence-electron chi connectivity index (χ0n) is 15.7. The van der Waals surface area contributed by atoms with E-state index in [0.717, 1.165) is 27.9 Å². The molecule has 0 aliphatic carbocycles. The molecular formula is C22H25NO3. The molecule has 0 amide bonds. The molecule has 0 spiro atoms. The molecule has 1 heterocycles. The average molecular weight is 351 g/mol. The molecule has 1 aromatic heterocycles. The molecule has 0 aliphatic heterocycles. The minimum absolute atomic E-state index is 0.0409. The van der Waals surface area contributed by atoms with E-state index in [0.29, 0.717) is 12.5 Å². The monoisotopic (exact) mass is 351 g/mol. The first-order valence-electron chi connectivity index (χ1n) is 8.87. The molecule has 0 saturated carbocycles. The Morgan fingerprint density at radius 2 is 1.92 bits per heavy atom. The van der Waals surface area contributed by atoms with Gasteiger partial charge in [0, 0.05) is 23.1 Å². The molecule has 3 rings (SSSR count). The predicted molar refractivity (Wildman–Crippen MR) is 104 cm³/mol. The van der Waals surface area contributed by atoms with Crippen LogP contribution in [0.2, 0.25) is 0 Å². The lowest BCUT2D eigenvalue weighted by Gasteiger charge is -2.15. The Labute approximate surface area is 154 Å². The Hall–Kier alpha value is -2.75. The quantitative estimate of drug-likeness (QED) is 0.697. The largest absolute Gasteiger partial charge is 0.496 e. The van der Waals surface area contributed by atoms with Crippen LogP contribution in [0, 0.1) is 6.92 Å². The maximum atomic E-state index is 11.3. The van der Waals surface area contributed by atoms with Crippen LogP contribution in [0.15, 0.2) is 42.5 Å². The average Bonchev–Trinajstić information content (AvgIpc) is 2.87. The third kappa shape index (κ3) is 3.32. The van der Waals surface area contributed by atoms with Gasteiger partial charge in [-0.1, -0.05) is 44.2 Å². The minimum Gasteiger partial charge on any atom is -0.496 e. The molecule has 136 valence electrons. The third-order valence-electron chi connectivity index (χ3n) is 4.95. The summed E-state index contributed by atoms with van der Waals surface area (Å²) in [6.07, 6.45) is 0.0409. The number of carbonyl (C=O) groups is 1. The van der Waals surface area contributed by atoms with Gasteiger partial charge in [0.2, 0.25) is 0 Å². The highest BCUT2D eigenvalue weighted by Gasteiger charge is 2.17. The summed E-state index contributed by atoms with van der Waals surface area (Å²) in [5, 5.41) is 10.3. The Balaban J connectivity index is 2.08. The topological polar surface area (TPSA) is 51.5 Å². The van der Waals surface area contributed by atoms with Gasteiger partial charge in [-0.15, -0.1) is 0 Å². The standard InChI is InChI=1S/C22H25NO3/c1-14(2)18-11-16(9-10-21(18)26-4)13-23-15(3)19(12-22(24)25)17-7-5-6-8-20(17)23/h5-11,14H,12-13H2,1-4H3,(H,24,25). The van der Waals surface area contributed by atoms with Gasteiger partial charge in [0.15, 0.2) is 0 Å². The van der Waals surface area contributed by atoms with Crippen molar-refractivity contribution in [2.75, 3.05) is 7.11 Å². The number of carboxylic acid groups (broad SMARTS) is 1. The molecule has 1 N–H and O–H groups in total. The van der Waals surface area contributed by atoms with Gasteiger partial charge in [-0.25, -0.2) is 0 Å². The lowest BCUT2D eigenvalue weighted by molar-refractivity contribution is -0.136. The molecule has 0 unspecified atom stereocenters. The van der Waals surface area contributed by atoms with Crippen molar-refractivity contribution in [3.05, 3.63) is 64.8 Å². The van der Waals surface area contributed by atoms with Gasteiger partial charge >= 0.3 is 5.97 Å². The Morgan fingerprint density at radius 3 is 2.58 bits per heavy atom. The van der Waals surface area contributed by atoms with Crippen LogP contribution in [-0.2, 0) is 17.8 Å². The number of fused-ring (bicyclic) bond motifs is 1. The van der Waals surface area contributed by atoms with Crippen LogP contribution in [0.1, 0.15) is 42.1 Å². The van der Waals surface area contributed by atoms with Crippen LogP contribution in [0.4, 0.5) is 0 Å². The number of methoxy groups -OCH3 is 1. The van der Waals surface area contributed by atoms with E-state index >= 15 is 0 Å². The first-order chi connectivity index (χ1) is 12.4. The summed E-state index contributed by atoms with van der Waals surface area (Å²) < 4.78 is 7.69. The molecule has 3 aromatic rings. The zero-order chi connectivity index (χ0) is 18.8. The fraction of sp³-hybridized carbons (Fsp3) is 0.318. The maximum absolute atomic E-state index is 11.3. The summed E-state index contributed by atoms with van der Waals surface area (Å²) in [6.45, 7) is 7.02. The molecule has 0 saturated heterocycles. The van der Waals surface area contributed by atoms with Crippen molar-refractivity contribution in [2.24, 2.45) is 0 Å². The highest BCUT2D eigenvalue weighted by Crippen LogP contribution is 2.30. The SMILES string of the molecule is COc1ccc(Cn2c(C)c(CC(=O)O)c3ccccc32)cc1C(C)C. The van der Waals surface area contributed by atoms with Crippen molar-refractivity contribution < 1.29 is 14.6 Å². The van der Waals surface area contributed by atoms with Gasteiger partial charge in [-0.3, -0.25) is 4.79 Å². The highest BCUT2D eigenvalue weighted by atomic mass is 16.5. The van der Waals surface area contributed by atoms with Gasteiger partial charge in [0.1, 0.15) is 5.75 Å². The van der Waals surface area contributed by atoms with Crippen LogP contribution in [0.5, 0.6) is 5.75 Å². The van der Waals surface area contributed by atoms with Crippen LogP contribution in [0.3, 0.4) is 0 Å². The van der Waals surface area contributed by atoms with E-state index in [-0.39, 0.29) is 6.42 Å². The van der Waals surface area contributed by atoms with Crippen molar-refractivity contribution in [1.82, 2.24) is 4.57 Å². The predicted octanol–water partition coefficient (Wildman–Crippen LogP) is 4.76. The maximum Gasteiger partial charge on any atom is 0.307 e. The first-order valence-corrected chi connectivity index (χ1v) is 8.87. The lowest BCUT2D eigenvalue weighted by Crippen LogP contribution is -2.06. The number of benzene rings is 2. The number of aliphatic carboxylic acids is 1. The van der Waals surface area contributed by atoms with Gasteiger partial charge in [0.05, 0.1) is 13.5 Å². The summed E-state index contributed by atoms with van der Waals surface area (Å²) in [6, 6.07) is 14.3. The Kier molecular flexibility index (Phi) is 5.03. The third-order valence-corrected chi connectivity index (χ3v) is 4.95. The van der Waals surface area contributed by atoms with E-state index in [1.54, 1.807) is 7.11 Å².